The van der Waals surface area contributed by atoms with Gasteiger partial charge in [0.1, 0.15) is 5.78 Å². The highest BCUT2D eigenvalue weighted by atomic mass is 28.4. The first kappa shape index (κ1) is 25.4. The highest BCUT2D eigenvalue weighted by molar-refractivity contribution is 6.74. The molecule has 4 saturated carbocycles. The fourth-order valence-corrected chi connectivity index (χ4v) is 10.5. The molecule has 5 heteroatoms. The highest BCUT2D eigenvalue weighted by Crippen LogP contribution is 2.69. The summed E-state index contributed by atoms with van der Waals surface area (Å²) in [5.74, 6) is 2.24. The minimum Gasteiger partial charge on any atom is -0.413 e. The molecule has 4 unspecified atom stereocenters. The van der Waals surface area contributed by atoms with Gasteiger partial charge in [-0.2, -0.15) is 0 Å². The number of Topliss-reactive ketones (excluding diaryl/α,β-unsaturated/α-hetero) is 1. The van der Waals surface area contributed by atoms with Crippen LogP contribution in [0, 0.1) is 40.4 Å². The third kappa shape index (κ3) is 3.49. The van der Waals surface area contributed by atoms with Crippen molar-refractivity contribution in [1.82, 2.24) is 0 Å². The molecule has 4 nitrogen and oxygen atoms in total. The van der Waals surface area contributed by atoms with Gasteiger partial charge in [-0.25, -0.2) is 0 Å². The van der Waals surface area contributed by atoms with Crippen LogP contribution in [0.25, 0.3) is 0 Å². The van der Waals surface area contributed by atoms with Crippen LogP contribution in [0.1, 0.15) is 93.9 Å². The average Bonchev–Trinajstić information content (AvgIpc) is 3.18. The number of ether oxygens (including phenoxy) is 2. The highest BCUT2D eigenvalue weighted by Gasteiger charge is 2.70. The van der Waals surface area contributed by atoms with Crippen molar-refractivity contribution >= 4 is 14.1 Å². The normalized spacial score (nSPS) is 50.4. The van der Waals surface area contributed by atoms with Crippen molar-refractivity contribution in [3.63, 3.8) is 0 Å². The first-order valence-corrected chi connectivity index (χ1v) is 17.0. The van der Waals surface area contributed by atoms with Crippen LogP contribution in [0.3, 0.4) is 0 Å². The molecule has 0 bridgehead atoms. The number of ketones is 1. The molecule has 0 N–H and O–H groups in total. The summed E-state index contributed by atoms with van der Waals surface area (Å²) in [6, 6.07) is 0. The third-order valence-electron chi connectivity index (χ3n) is 12.1. The maximum atomic E-state index is 12.8. The fraction of sp³-hybridized carbons (Fsp3) is 0.966. The van der Waals surface area contributed by atoms with E-state index in [4.69, 9.17) is 13.9 Å². The summed E-state index contributed by atoms with van der Waals surface area (Å²) in [5.41, 5.74) is 0.345. The Bertz CT molecular complexity index is 846. The number of rotatable bonds is 2. The molecule has 194 valence electrons. The molecule has 1 saturated heterocycles. The molecule has 0 aromatic rings. The second-order valence-electron chi connectivity index (χ2n) is 15.2. The maximum absolute atomic E-state index is 12.8. The average molecular weight is 491 g/mol. The lowest BCUT2D eigenvalue weighted by Crippen LogP contribution is -2.65. The van der Waals surface area contributed by atoms with E-state index in [0.29, 0.717) is 42.0 Å². The lowest BCUT2D eigenvalue weighted by atomic mass is 9.42. The van der Waals surface area contributed by atoms with Gasteiger partial charge in [-0.15, -0.1) is 0 Å². The Balaban J connectivity index is 1.52. The summed E-state index contributed by atoms with van der Waals surface area (Å²) in [5, 5.41) is 0.228. The second kappa shape index (κ2) is 7.64. The molecular formula is C29H50O4Si. The van der Waals surface area contributed by atoms with E-state index in [9.17, 15) is 4.79 Å². The van der Waals surface area contributed by atoms with Crippen LogP contribution >= 0.6 is 0 Å². The van der Waals surface area contributed by atoms with Gasteiger partial charge in [-0.1, -0.05) is 41.5 Å². The Labute approximate surface area is 209 Å². The van der Waals surface area contributed by atoms with Crippen LogP contribution in [0.5, 0.6) is 0 Å². The number of carbonyl (C=O) groups excluding carboxylic acids is 1. The van der Waals surface area contributed by atoms with Gasteiger partial charge in [-0.3, -0.25) is 4.79 Å². The Kier molecular flexibility index (Phi) is 5.72. The largest absolute Gasteiger partial charge is 0.413 e. The van der Waals surface area contributed by atoms with Gasteiger partial charge in [0.25, 0.3) is 0 Å². The van der Waals surface area contributed by atoms with Gasteiger partial charge >= 0.3 is 0 Å². The topological polar surface area (TPSA) is 44.8 Å². The van der Waals surface area contributed by atoms with Crippen molar-refractivity contribution in [3.05, 3.63) is 0 Å². The van der Waals surface area contributed by atoms with Crippen molar-refractivity contribution in [2.24, 2.45) is 40.4 Å². The van der Waals surface area contributed by atoms with Crippen LogP contribution < -0.4 is 0 Å². The zero-order valence-corrected chi connectivity index (χ0v) is 24.5. The van der Waals surface area contributed by atoms with E-state index < -0.39 is 14.1 Å². The molecule has 0 spiro atoms. The number of hydrogen-bond donors (Lipinski definition) is 0. The summed E-state index contributed by atoms with van der Waals surface area (Å²) in [6.45, 7) is 23.4. The van der Waals surface area contributed by atoms with Gasteiger partial charge in [0.05, 0.1) is 18.3 Å². The minimum atomic E-state index is -1.84. The van der Waals surface area contributed by atoms with E-state index in [-0.39, 0.29) is 34.0 Å². The van der Waals surface area contributed by atoms with E-state index in [1.807, 2.05) is 0 Å². The molecule has 5 rings (SSSR count). The maximum Gasteiger partial charge on any atom is 0.192 e. The van der Waals surface area contributed by atoms with E-state index in [2.05, 4.69) is 68.5 Å². The van der Waals surface area contributed by atoms with Gasteiger partial charge in [0, 0.05) is 18.8 Å². The molecule has 4 aliphatic carbocycles. The fourth-order valence-electron chi connectivity index (χ4n) is 9.07. The minimum absolute atomic E-state index is 0.0376. The van der Waals surface area contributed by atoms with Crippen molar-refractivity contribution in [1.29, 1.82) is 0 Å². The molecule has 5 fully saturated rings. The Morgan fingerprint density at radius 3 is 2.21 bits per heavy atom. The predicted octanol–water partition coefficient (Wildman–Crippen LogP) is 6.97. The van der Waals surface area contributed by atoms with Gasteiger partial charge in [0.15, 0.2) is 14.1 Å². The number of fused-ring (bicyclic) bond motifs is 8. The first-order valence-electron chi connectivity index (χ1n) is 14.1. The standard InChI is InChI=1S/C29H50O4Si/c1-17-15-18(30)16-21-24-25(32-27(5,6)31-24)23-19-11-12-22(33-34(9,10)26(2,3)4)28(19,7)14-13-20(23)29(17,21)8/h17,19-25H,11-16H2,1-10H3/t17-,19?,20?,21?,22-,23?,24+,25+,28-,29+/m0/s1. The molecule has 1 heterocycles. The molecule has 0 amide bonds. The van der Waals surface area contributed by atoms with Crippen molar-refractivity contribution < 1.29 is 18.7 Å². The first-order chi connectivity index (χ1) is 15.5. The molecule has 1 aliphatic heterocycles. The molecule has 0 aromatic carbocycles. The third-order valence-corrected chi connectivity index (χ3v) is 16.6. The number of hydrogen-bond acceptors (Lipinski definition) is 4. The molecule has 0 aromatic heterocycles. The molecule has 10 atom stereocenters. The SMILES string of the molecule is C[C@H]1CC(=O)CC2[C@H]3OC(C)(C)O[C@@H]3C3C(CC[C@@]4(C)C3CC[C@@H]4O[Si](C)(C)C(C)(C)C)[C@]21C. The van der Waals surface area contributed by atoms with Gasteiger partial charge in [-0.05, 0) is 92.2 Å². The number of carbonyl (C=O) groups is 1. The van der Waals surface area contributed by atoms with Crippen LogP contribution in [-0.4, -0.2) is 38.2 Å². The summed E-state index contributed by atoms with van der Waals surface area (Å²) >= 11 is 0. The quantitative estimate of drug-likeness (QED) is 0.392. The monoisotopic (exact) mass is 490 g/mol. The molecule has 5 aliphatic rings. The van der Waals surface area contributed by atoms with Crippen molar-refractivity contribution in [2.45, 2.75) is 136 Å². The predicted molar refractivity (Wildman–Crippen MR) is 138 cm³/mol. The smallest absolute Gasteiger partial charge is 0.192 e. The van der Waals surface area contributed by atoms with Crippen LogP contribution in [0.2, 0.25) is 18.1 Å². The molecular weight excluding hydrogens is 440 g/mol. The summed E-state index contributed by atoms with van der Waals surface area (Å²) < 4.78 is 20.6. The van der Waals surface area contributed by atoms with Crippen LogP contribution in [0.4, 0.5) is 0 Å². The second-order valence-corrected chi connectivity index (χ2v) is 19.9. The summed E-state index contributed by atoms with van der Waals surface area (Å²) in [4.78, 5) is 12.8. The lowest BCUT2D eigenvalue weighted by molar-refractivity contribution is -0.198. The Morgan fingerprint density at radius 1 is 0.912 bits per heavy atom. The van der Waals surface area contributed by atoms with E-state index in [1.165, 1.54) is 25.7 Å². The molecule has 0 radical (unpaired) electrons. The Morgan fingerprint density at radius 2 is 1.56 bits per heavy atom. The lowest BCUT2D eigenvalue weighted by Gasteiger charge is -2.64. The van der Waals surface area contributed by atoms with Crippen molar-refractivity contribution in [2.75, 3.05) is 0 Å². The van der Waals surface area contributed by atoms with E-state index >= 15 is 0 Å². The van der Waals surface area contributed by atoms with Crippen LogP contribution in [0.15, 0.2) is 0 Å². The van der Waals surface area contributed by atoms with E-state index in [1.54, 1.807) is 0 Å². The zero-order chi connectivity index (χ0) is 25.1. The molecule has 34 heavy (non-hydrogen) atoms. The Hall–Kier alpha value is -0.233. The zero-order valence-electron chi connectivity index (χ0n) is 23.5. The van der Waals surface area contributed by atoms with Gasteiger partial charge < -0.3 is 13.9 Å². The van der Waals surface area contributed by atoms with E-state index in [0.717, 1.165) is 6.42 Å². The summed E-state index contributed by atoms with van der Waals surface area (Å²) in [6.07, 6.45) is 6.77. The van der Waals surface area contributed by atoms with Gasteiger partial charge in [0.2, 0.25) is 0 Å². The summed E-state index contributed by atoms with van der Waals surface area (Å²) in [7, 11) is -1.84. The van der Waals surface area contributed by atoms with Crippen molar-refractivity contribution in [3.8, 4) is 0 Å². The van der Waals surface area contributed by atoms with Crippen LogP contribution in [-0.2, 0) is 18.7 Å².